The second-order valence-corrected chi connectivity index (χ2v) is 12.4. The first-order valence-corrected chi connectivity index (χ1v) is 16.8. The third-order valence-electron chi connectivity index (χ3n) is 9.06. The Morgan fingerprint density at radius 2 is 0.653 bits per heavy atom. The summed E-state index contributed by atoms with van der Waals surface area (Å²) in [5.74, 6) is 0. The molecule has 49 heavy (non-hydrogen) atoms. The third-order valence-corrected chi connectivity index (χ3v) is 9.06. The smallest absolute Gasteiger partial charge is 0.0468 e. The lowest BCUT2D eigenvalue weighted by Gasteiger charge is -2.26. The van der Waals surface area contributed by atoms with Gasteiger partial charge in [0.25, 0.3) is 0 Å². The minimum Gasteiger partial charge on any atom is -0.310 e. The van der Waals surface area contributed by atoms with Gasteiger partial charge in [-0.15, -0.1) is 0 Å². The summed E-state index contributed by atoms with van der Waals surface area (Å²) in [6.07, 6.45) is 4.37. The van der Waals surface area contributed by atoms with Gasteiger partial charge in [-0.25, -0.2) is 0 Å². The van der Waals surface area contributed by atoms with Gasteiger partial charge in [-0.3, -0.25) is 0 Å². The van der Waals surface area contributed by atoms with Gasteiger partial charge in [-0.05, 0) is 112 Å². The molecule has 0 saturated heterocycles. The van der Waals surface area contributed by atoms with Gasteiger partial charge >= 0.3 is 0 Å². The van der Waals surface area contributed by atoms with E-state index in [2.05, 4.69) is 217 Å². The number of para-hydroxylation sites is 1. The molecule has 0 aliphatic rings. The van der Waals surface area contributed by atoms with E-state index in [1.54, 1.807) is 0 Å². The summed E-state index contributed by atoms with van der Waals surface area (Å²) in [7, 11) is 0. The molecule has 0 bridgehead atoms. The van der Waals surface area contributed by atoms with Crippen LogP contribution >= 0.6 is 0 Å². The summed E-state index contributed by atoms with van der Waals surface area (Å²) < 4.78 is 0. The number of hydrogen-bond acceptors (Lipinski definition) is 2. The van der Waals surface area contributed by atoms with Crippen molar-refractivity contribution in [2.24, 2.45) is 0 Å². The minimum atomic E-state index is 1.12. The highest BCUT2D eigenvalue weighted by atomic mass is 15.1. The number of aryl methyl sites for hydroxylation is 1. The first kappa shape index (κ1) is 30.0. The van der Waals surface area contributed by atoms with Crippen molar-refractivity contribution >= 4 is 67.8 Å². The number of rotatable bonds is 8. The summed E-state index contributed by atoms with van der Waals surface area (Å²) in [5.41, 5.74) is 10.3. The zero-order chi connectivity index (χ0) is 33.0. The SMILES string of the molecule is Cc1ccc(N(c2ccc(C=Cc3ccc(N(c4ccccc4)c4ccc5ccccc5c4)cc3)cc2)c2ccc3ccccc3c2)cc1. The Bertz CT molecular complexity index is 2370. The second kappa shape index (κ2) is 13.4. The van der Waals surface area contributed by atoms with Gasteiger partial charge in [0.2, 0.25) is 0 Å². The van der Waals surface area contributed by atoms with Crippen LogP contribution in [0.15, 0.2) is 188 Å². The van der Waals surface area contributed by atoms with Crippen LogP contribution < -0.4 is 9.80 Å². The van der Waals surface area contributed by atoms with Gasteiger partial charge in [-0.2, -0.15) is 0 Å². The Balaban J connectivity index is 1.06. The predicted octanol–water partition coefficient (Wildman–Crippen LogP) is 13.4. The molecule has 0 aliphatic heterocycles. The lowest BCUT2D eigenvalue weighted by molar-refractivity contribution is 1.28. The normalized spacial score (nSPS) is 11.3. The van der Waals surface area contributed by atoms with Crippen molar-refractivity contribution in [3.05, 3.63) is 205 Å². The fraction of sp³-hybridized carbons (Fsp3) is 0.0213. The maximum atomic E-state index is 2.33. The predicted molar refractivity (Wildman–Crippen MR) is 211 cm³/mol. The molecule has 8 rings (SSSR count). The van der Waals surface area contributed by atoms with Crippen molar-refractivity contribution in [1.82, 2.24) is 0 Å². The highest BCUT2D eigenvalue weighted by molar-refractivity contribution is 5.91. The van der Waals surface area contributed by atoms with Gasteiger partial charge in [-0.1, -0.05) is 133 Å². The number of hydrogen-bond donors (Lipinski definition) is 0. The van der Waals surface area contributed by atoms with Crippen LogP contribution in [0.5, 0.6) is 0 Å². The van der Waals surface area contributed by atoms with Crippen molar-refractivity contribution in [2.75, 3.05) is 9.80 Å². The van der Waals surface area contributed by atoms with E-state index in [0.717, 1.165) is 45.3 Å². The molecule has 8 aromatic carbocycles. The maximum Gasteiger partial charge on any atom is 0.0468 e. The van der Waals surface area contributed by atoms with E-state index in [4.69, 9.17) is 0 Å². The largest absolute Gasteiger partial charge is 0.310 e. The number of nitrogens with zero attached hydrogens (tertiary/aromatic N) is 2. The van der Waals surface area contributed by atoms with E-state index in [1.165, 1.54) is 27.1 Å². The van der Waals surface area contributed by atoms with Gasteiger partial charge in [0.05, 0.1) is 0 Å². The molecule has 8 aromatic rings. The minimum absolute atomic E-state index is 1.12. The van der Waals surface area contributed by atoms with Crippen molar-refractivity contribution in [3.63, 3.8) is 0 Å². The monoisotopic (exact) mass is 628 g/mol. The molecule has 0 aliphatic carbocycles. The molecule has 0 amide bonds. The summed E-state index contributed by atoms with van der Waals surface area (Å²) in [4.78, 5) is 4.64. The Kier molecular flexibility index (Phi) is 8.19. The average molecular weight is 629 g/mol. The van der Waals surface area contributed by atoms with E-state index in [0.29, 0.717) is 0 Å². The fourth-order valence-electron chi connectivity index (χ4n) is 6.46. The topological polar surface area (TPSA) is 6.48 Å². The number of fused-ring (bicyclic) bond motifs is 2. The molecule has 0 heterocycles. The molecule has 0 N–H and O–H groups in total. The highest BCUT2D eigenvalue weighted by Crippen LogP contribution is 2.38. The number of anilines is 6. The first-order chi connectivity index (χ1) is 24.2. The highest BCUT2D eigenvalue weighted by Gasteiger charge is 2.14. The van der Waals surface area contributed by atoms with Gasteiger partial charge in [0, 0.05) is 34.1 Å². The third kappa shape index (κ3) is 6.45. The van der Waals surface area contributed by atoms with Gasteiger partial charge < -0.3 is 9.80 Å². The molecule has 2 nitrogen and oxygen atoms in total. The average Bonchev–Trinajstić information content (AvgIpc) is 3.16. The molecular formula is C47H36N2. The Labute approximate surface area is 288 Å². The maximum absolute atomic E-state index is 2.33. The van der Waals surface area contributed by atoms with E-state index in [9.17, 15) is 0 Å². The van der Waals surface area contributed by atoms with Gasteiger partial charge in [0.1, 0.15) is 0 Å². The fourth-order valence-corrected chi connectivity index (χ4v) is 6.46. The number of benzene rings is 8. The van der Waals surface area contributed by atoms with Crippen LogP contribution in [0, 0.1) is 6.92 Å². The molecule has 234 valence electrons. The summed E-state index contributed by atoms with van der Waals surface area (Å²) >= 11 is 0. The molecule has 0 spiro atoms. The standard InChI is InChI=1S/C47H36N2/c1-35-15-25-43(26-16-35)49(47-32-24-39-10-6-8-12-41(39)34-47)45-29-21-37(22-30-45)18-17-36-19-27-44(28-20-36)48(42-13-3-2-4-14-42)46-31-23-38-9-5-7-11-40(38)33-46/h2-34H,1H3. The Morgan fingerprint density at radius 3 is 1.10 bits per heavy atom. The van der Waals surface area contributed by atoms with E-state index < -0.39 is 0 Å². The molecule has 0 saturated carbocycles. The zero-order valence-corrected chi connectivity index (χ0v) is 27.4. The molecule has 0 radical (unpaired) electrons. The quantitative estimate of drug-likeness (QED) is 0.155. The van der Waals surface area contributed by atoms with E-state index in [-0.39, 0.29) is 0 Å². The molecule has 0 unspecified atom stereocenters. The van der Waals surface area contributed by atoms with Crippen LogP contribution in [-0.2, 0) is 0 Å². The van der Waals surface area contributed by atoms with Crippen LogP contribution in [-0.4, -0.2) is 0 Å². The lowest BCUT2D eigenvalue weighted by Crippen LogP contribution is -2.09. The summed E-state index contributed by atoms with van der Waals surface area (Å²) in [6, 6.07) is 67.3. The van der Waals surface area contributed by atoms with Gasteiger partial charge in [0.15, 0.2) is 0 Å². The lowest BCUT2D eigenvalue weighted by atomic mass is 10.1. The van der Waals surface area contributed by atoms with Crippen molar-refractivity contribution in [2.45, 2.75) is 6.92 Å². The molecule has 0 atom stereocenters. The summed E-state index contributed by atoms with van der Waals surface area (Å²) in [6.45, 7) is 2.13. The van der Waals surface area contributed by atoms with E-state index >= 15 is 0 Å². The van der Waals surface area contributed by atoms with Crippen LogP contribution in [0.1, 0.15) is 16.7 Å². The molecule has 0 fully saturated rings. The second-order valence-electron chi connectivity index (χ2n) is 12.4. The molecule has 0 aromatic heterocycles. The van der Waals surface area contributed by atoms with Crippen LogP contribution in [0.4, 0.5) is 34.1 Å². The van der Waals surface area contributed by atoms with Crippen LogP contribution in [0.3, 0.4) is 0 Å². The van der Waals surface area contributed by atoms with Crippen LogP contribution in [0.2, 0.25) is 0 Å². The first-order valence-electron chi connectivity index (χ1n) is 16.8. The Morgan fingerprint density at radius 1 is 0.306 bits per heavy atom. The van der Waals surface area contributed by atoms with Crippen molar-refractivity contribution in [1.29, 1.82) is 0 Å². The zero-order valence-electron chi connectivity index (χ0n) is 27.4. The Hall–Kier alpha value is -6.38. The van der Waals surface area contributed by atoms with Crippen molar-refractivity contribution < 1.29 is 0 Å². The molecular weight excluding hydrogens is 593 g/mol. The van der Waals surface area contributed by atoms with Crippen LogP contribution in [0.25, 0.3) is 33.7 Å². The summed E-state index contributed by atoms with van der Waals surface area (Å²) in [5, 5.41) is 4.94. The van der Waals surface area contributed by atoms with Crippen molar-refractivity contribution in [3.8, 4) is 0 Å². The molecule has 2 heteroatoms. The van der Waals surface area contributed by atoms with E-state index in [1.807, 2.05) is 0 Å².